The van der Waals surface area contributed by atoms with Crippen molar-refractivity contribution in [2.24, 2.45) is 0 Å². The second-order valence-electron chi connectivity index (χ2n) is 5.22. The predicted molar refractivity (Wildman–Crippen MR) is 68.3 cm³/mol. The number of hydrogen-bond acceptors (Lipinski definition) is 4. The smallest absolute Gasteiger partial charge is 0.0707 e. The highest BCUT2D eigenvalue weighted by molar-refractivity contribution is 4.80. The molecular formula is C13H26N2O2. The van der Waals surface area contributed by atoms with Gasteiger partial charge in [-0.3, -0.25) is 4.90 Å². The predicted octanol–water partition coefficient (Wildman–Crippen LogP) is 0.864. The number of likely N-dealkylation sites (N-methyl/N-ethyl adjacent to an activating group) is 2. The van der Waals surface area contributed by atoms with Gasteiger partial charge in [-0.1, -0.05) is 6.92 Å². The highest BCUT2D eigenvalue weighted by Crippen LogP contribution is 2.21. The molecule has 0 aromatic carbocycles. The molecule has 3 atom stereocenters. The van der Waals surface area contributed by atoms with Gasteiger partial charge < -0.3 is 14.8 Å². The molecule has 3 unspecified atom stereocenters. The third-order valence-electron chi connectivity index (χ3n) is 3.84. The van der Waals surface area contributed by atoms with E-state index in [1.54, 1.807) is 0 Å². The van der Waals surface area contributed by atoms with Gasteiger partial charge in [0.1, 0.15) is 0 Å². The maximum Gasteiger partial charge on any atom is 0.0707 e. The van der Waals surface area contributed by atoms with E-state index < -0.39 is 0 Å². The van der Waals surface area contributed by atoms with Crippen molar-refractivity contribution in [3.05, 3.63) is 0 Å². The first-order chi connectivity index (χ1) is 8.29. The minimum Gasteiger partial charge on any atom is -0.380 e. The summed E-state index contributed by atoms with van der Waals surface area (Å²) < 4.78 is 11.5. The molecule has 4 nitrogen and oxygen atoms in total. The molecule has 0 amide bonds. The molecule has 2 rings (SSSR count). The number of rotatable bonds is 6. The molecule has 0 aromatic rings. The van der Waals surface area contributed by atoms with E-state index in [9.17, 15) is 0 Å². The van der Waals surface area contributed by atoms with E-state index in [0.29, 0.717) is 18.2 Å². The van der Waals surface area contributed by atoms with E-state index in [2.05, 4.69) is 24.2 Å². The summed E-state index contributed by atoms with van der Waals surface area (Å²) in [5.74, 6) is 0. The van der Waals surface area contributed by atoms with Gasteiger partial charge in [0.2, 0.25) is 0 Å². The third kappa shape index (κ3) is 3.91. The van der Waals surface area contributed by atoms with Crippen LogP contribution in [-0.4, -0.2) is 63.0 Å². The van der Waals surface area contributed by atoms with Crippen molar-refractivity contribution in [1.29, 1.82) is 0 Å². The SMILES string of the molecule is CCNCC1CCC(CN(C)C2CCOC2)O1. The molecule has 2 aliphatic rings. The van der Waals surface area contributed by atoms with Crippen molar-refractivity contribution < 1.29 is 9.47 Å². The van der Waals surface area contributed by atoms with Gasteiger partial charge >= 0.3 is 0 Å². The first-order valence-electron chi connectivity index (χ1n) is 6.93. The van der Waals surface area contributed by atoms with Gasteiger partial charge in [-0.2, -0.15) is 0 Å². The summed E-state index contributed by atoms with van der Waals surface area (Å²) in [6, 6.07) is 0.603. The molecular weight excluding hydrogens is 216 g/mol. The Morgan fingerprint density at radius 2 is 2.06 bits per heavy atom. The largest absolute Gasteiger partial charge is 0.380 e. The average molecular weight is 242 g/mol. The van der Waals surface area contributed by atoms with Gasteiger partial charge in [-0.25, -0.2) is 0 Å². The average Bonchev–Trinajstić information content (AvgIpc) is 2.97. The Balaban J connectivity index is 1.66. The normalized spacial score (nSPS) is 33.7. The quantitative estimate of drug-likeness (QED) is 0.749. The molecule has 2 aliphatic heterocycles. The van der Waals surface area contributed by atoms with Crippen LogP contribution < -0.4 is 5.32 Å². The van der Waals surface area contributed by atoms with Crippen LogP contribution in [0.2, 0.25) is 0 Å². The summed E-state index contributed by atoms with van der Waals surface area (Å²) in [5, 5.41) is 3.36. The lowest BCUT2D eigenvalue weighted by Crippen LogP contribution is -2.38. The molecule has 100 valence electrons. The fourth-order valence-electron chi connectivity index (χ4n) is 2.71. The van der Waals surface area contributed by atoms with Crippen LogP contribution in [0.4, 0.5) is 0 Å². The maximum absolute atomic E-state index is 6.05. The van der Waals surface area contributed by atoms with Gasteiger partial charge in [0.05, 0.1) is 18.8 Å². The number of nitrogens with one attached hydrogen (secondary N) is 1. The Hall–Kier alpha value is -0.160. The summed E-state index contributed by atoms with van der Waals surface area (Å²) in [6.45, 7) is 7.04. The molecule has 0 aromatic heterocycles. The highest BCUT2D eigenvalue weighted by Gasteiger charge is 2.28. The first kappa shape index (κ1) is 13.3. The molecule has 17 heavy (non-hydrogen) atoms. The minimum atomic E-state index is 0.421. The van der Waals surface area contributed by atoms with Crippen molar-refractivity contribution in [2.45, 2.75) is 44.4 Å². The second kappa shape index (κ2) is 6.69. The standard InChI is InChI=1S/C13H26N2O2/c1-3-14-8-12-4-5-13(17-12)9-15(2)11-6-7-16-10-11/h11-14H,3-10H2,1-2H3. The molecule has 4 heteroatoms. The zero-order valence-corrected chi connectivity index (χ0v) is 11.2. The van der Waals surface area contributed by atoms with Crippen molar-refractivity contribution >= 4 is 0 Å². The summed E-state index contributed by atoms with van der Waals surface area (Å²) in [5.41, 5.74) is 0. The van der Waals surface area contributed by atoms with Crippen LogP contribution in [0.3, 0.4) is 0 Å². The van der Waals surface area contributed by atoms with E-state index in [1.807, 2.05) is 0 Å². The molecule has 1 N–H and O–H groups in total. The Morgan fingerprint density at radius 3 is 2.76 bits per heavy atom. The van der Waals surface area contributed by atoms with Crippen LogP contribution in [0.15, 0.2) is 0 Å². The zero-order valence-electron chi connectivity index (χ0n) is 11.2. The van der Waals surface area contributed by atoms with Crippen LogP contribution >= 0.6 is 0 Å². The maximum atomic E-state index is 6.05. The monoisotopic (exact) mass is 242 g/mol. The fourth-order valence-corrected chi connectivity index (χ4v) is 2.71. The topological polar surface area (TPSA) is 33.7 Å². The Kier molecular flexibility index (Phi) is 5.22. The lowest BCUT2D eigenvalue weighted by atomic mass is 10.1. The van der Waals surface area contributed by atoms with Crippen LogP contribution in [0, 0.1) is 0 Å². The number of nitrogens with zero attached hydrogens (tertiary/aromatic N) is 1. The molecule has 0 spiro atoms. The Bertz CT molecular complexity index is 219. The molecule has 2 saturated heterocycles. The summed E-state index contributed by atoms with van der Waals surface area (Å²) in [6.07, 6.45) is 4.42. The van der Waals surface area contributed by atoms with Crippen LogP contribution in [0.5, 0.6) is 0 Å². The Morgan fingerprint density at radius 1 is 1.24 bits per heavy atom. The molecule has 0 aliphatic carbocycles. The summed E-state index contributed by atoms with van der Waals surface area (Å²) in [7, 11) is 2.19. The summed E-state index contributed by atoms with van der Waals surface area (Å²) in [4.78, 5) is 2.41. The van der Waals surface area contributed by atoms with Crippen LogP contribution in [-0.2, 0) is 9.47 Å². The van der Waals surface area contributed by atoms with E-state index >= 15 is 0 Å². The Labute approximate surface area is 105 Å². The first-order valence-corrected chi connectivity index (χ1v) is 6.93. The molecule has 0 saturated carbocycles. The van der Waals surface area contributed by atoms with Gasteiger partial charge in [0, 0.05) is 25.7 Å². The highest BCUT2D eigenvalue weighted by atomic mass is 16.5. The molecule has 2 heterocycles. The minimum absolute atomic E-state index is 0.421. The van der Waals surface area contributed by atoms with Gasteiger partial charge in [0.15, 0.2) is 0 Å². The van der Waals surface area contributed by atoms with Crippen molar-refractivity contribution in [3.8, 4) is 0 Å². The van der Waals surface area contributed by atoms with E-state index in [-0.39, 0.29) is 0 Å². The van der Waals surface area contributed by atoms with Gasteiger partial charge in [-0.05, 0) is 32.9 Å². The molecule has 0 radical (unpaired) electrons. The lowest BCUT2D eigenvalue weighted by Gasteiger charge is -2.26. The van der Waals surface area contributed by atoms with E-state index in [1.165, 1.54) is 19.3 Å². The fraction of sp³-hybridized carbons (Fsp3) is 1.00. The van der Waals surface area contributed by atoms with Gasteiger partial charge in [-0.15, -0.1) is 0 Å². The van der Waals surface area contributed by atoms with Crippen molar-refractivity contribution in [2.75, 3.05) is 39.9 Å². The molecule has 0 bridgehead atoms. The van der Waals surface area contributed by atoms with E-state index in [0.717, 1.165) is 32.8 Å². The van der Waals surface area contributed by atoms with Crippen molar-refractivity contribution in [3.63, 3.8) is 0 Å². The van der Waals surface area contributed by atoms with E-state index in [4.69, 9.17) is 9.47 Å². The summed E-state index contributed by atoms with van der Waals surface area (Å²) >= 11 is 0. The third-order valence-corrected chi connectivity index (χ3v) is 3.84. The van der Waals surface area contributed by atoms with Crippen LogP contribution in [0.1, 0.15) is 26.2 Å². The van der Waals surface area contributed by atoms with Crippen LogP contribution in [0.25, 0.3) is 0 Å². The lowest BCUT2D eigenvalue weighted by molar-refractivity contribution is 0.0197. The van der Waals surface area contributed by atoms with Gasteiger partial charge in [0.25, 0.3) is 0 Å². The molecule has 2 fully saturated rings. The zero-order chi connectivity index (χ0) is 12.1. The second-order valence-corrected chi connectivity index (χ2v) is 5.22. The number of hydrogen-bond donors (Lipinski definition) is 1. The van der Waals surface area contributed by atoms with Crippen molar-refractivity contribution in [1.82, 2.24) is 10.2 Å². The number of ether oxygens (including phenoxy) is 2.